The molecule has 2 unspecified atom stereocenters. The van der Waals surface area contributed by atoms with Gasteiger partial charge in [-0.1, -0.05) is 0 Å². The van der Waals surface area contributed by atoms with Gasteiger partial charge in [0.15, 0.2) is 0 Å². The number of alkyl carbamates (subject to hydrolysis) is 1. The molecule has 0 saturated carbocycles. The van der Waals surface area contributed by atoms with Crippen molar-refractivity contribution in [2.24, 2.45) is 0 Å². The van der Waals surface area contributed by atoms with Crippen molar-refractivity contribution < 1.29 is 19.1 Å². The molecule has 1 aliphatic heterocycles. The van der Waals surface area contributed by atoms with Gasteiger partial charge in [0.1, 0.15) is 5.60 Å². The monoisotopic (exact) mass is 286 g/mol. The Morgan fingerprint density at radius 3 is 2.60 bits per heavy atom. The van der Waals surface area contributed by atoms with Gasteiger partial charge < -0.3 is 20.1 Å². The summed E-state index contributed by atoms with van der Waals surface area (Å²) < 4.78 is 10.5. The largest absolute Gasteiger partial charge is 0.444 e. The van der Waals surface area contributed by atoms with Crippen LogP contribution in [0.15, 0.2) is 0 Å². The smallest absolute Gasteiger partial charge is 0.407 e. The van der Waals surface area contributed by atoms with Gasteiger partial charge in [-0.25, -0.2) is 4.79 Å². The summed E-state index contributed by atoms with van der Waals surface area (Å²) in [5.74, 6) is -0.00154. The Kier molecular flexibility index (Phi) is 6.26. The Morgan fingerprint density at radius 2 is 2.05 bits per heavy atom. The Hall–Kier alpha value is -1.30. The fourth-order valence-electron chi connectivity index (χ4n) is 1.95. The van der Waals surface area contributed by atoms with E-state index in [1.807, 2.05) is 27.7 Å². The molecule has 20 heavy (non-hydrogen) atoms. The lowest BCUT2D eigenvalue weighted by Crippen LogP contribution is -2.39. The molecular weight excluding hydrogens is 260 g/mol. The van der Waals surface area contributed by atoms with E-state index in [1.165, 1.54) is 0 Å². The maximum Gasteiger partial charge on any atom is 0.407 e. The summed E-state index contributed by atoms with van der Waals surface area (Å²) in [5.41, 5.74) is -0.500. The summed E-state index contributed by atoms with van der Waals surface area (Å²) in [7, 11) is 0. The minimum atomic E-state index is -0.500. The van der Waals surface area contributed by atoms with Crippen molar-refractivity contribution in [1.82, 2.24) is 10.6 Å². The van der Waals surface area contributed by atoms with Crippen LogP contribution in [0.5, 0.6) is 0 Å². The van der Waals surface area contributed by atoms with Gasteiger partial charge in [0.2, 0.25) is 5.91 Å². The highest BCUT2D eigenvalue weighted by atomic mass is 16.6. The quantitative estimate of drug-likeness (QED) is 0.752. The van der Waals surface area contributed by atoms with Crippen molar-refractivity contribution in [1.29, 1.82) is 0 Å². The Balaban J connectivity index is 2.09. The van der Waals surface area contributed by atoms with Crippen LogP contribution in [0, 0.1) is 0 Å². The lowest BCUT2D eigenvalue weighted by atomic mass is 10.1. The van der Waals surface area contributed by atoms with Crippen molar-refractivity contribution in [3.63, 3.8) is 0 Å². The average molecular weight is 286 g/mol. The number of carbonyl (C=O) groups excluding carboxylic acids is 2. The topological polar surface area (TPSA) is 76.7 Å². The number of hydrogen-bond acceptors (Lipinski definition) is 4. The second-order valence-corrected chi connectivity index (χ2v) is 6.07. The molecule has 0 bridgehead atoms. The molecule has 116 valence electrons. The van der Waals surface area contributed by atoms with Crippen LogP contribution in [0.3, 0.4) is 0 Å². The van der Waals surface area contributed by atoms with Gasteiger partial charge in [0.25, 0.3) is 0 Å². The van der Waals surface area contributed by atoms with Crippen LogP contribution in [0.4, 0.5) is 4.79 Å². The fraction of sp³-hybridized carbons (Fsp3) is 0.857. The SMILES string of the molecule is CC1OCCC1NC(=O)CCCNC(=O)OC(C)(C)C. The van der Waals surface area contributed by atoms with E-state index in [2.05, 4.69) is 10.6 Å². The molecule has 0 radical (unpaired) electrons. The van der Waals surface area contributed by atoms with Gasteiger partial charge in [-0.05, 0) is 40.5 Å². The molecule has 6 nitrogen and oxygen atoms in total. The number of amides is 2. The molecule has 6 heteroatoms. The summed E-state index contributed by atoms with van der Waals surface area (Å²) >= 11 is 0. The zero-order valence-corrected chi connectivity index (χ0v) is 12.8. The normalized spacial score (nSPS) is 22.4. The maximum absolute atomic E-state index is 11.7. The molecule has 2 atom stereocenters. The molecule has 2 amide bonds. The van der Waals surface area contributed by atoms with Crippen molar-refractivity contribution in [2.75, 3.05) is 13.2 Å². The fourth-order valence-corrected chi connectivity index (χ4v) is 1.95. The van der Waals surface area contributed by atoms with E-state index >= 15 is 0 Å². The predicted molar refractivity (Wildman–Crippen MR) is 75.4 cm³/mol. The first kappa shape index (κ1) is 16.8. The molecule has 2 N–H and O–H groups in total. The van der Waals surface area contributed by atoms with Crippen molar-refractivity contribution >= 4 is 12.0 Å². The van der Waals surface area contributed by atoms with Crippen molar-refractivity contribution in [2.45, 2.75) is 64.7 Å². The molecule has 1 aliphatic rings. The van der Waals surface area contributed by atoms with Gasteiger partial charge in [-0.15, -0.1) is 0 Å². The summed E-state index contributed by atoms with van der Waals surface area (Å²) in [6, 6.07) is 0.112. The van der Waals surface area contributed by atoms with Crippen molar-refractivity contribution in [3.8, 4) is 0 Å². The third kappa shape index (κ3) is 6.75. The highest BCUT2D eigenvalue weighted by Gasteiger charge is 2.25. The first-order chi connectivity index (χ1) is 9.28. The van der Waals surface area contributed by atoms with E-state index in [9.17, 15) is 9.59 Å². The third-order valence-corrected chi connectivity index (χ3v) is 2.97. The third-order valence-electron chi connectivity index (χ3n) is 2.97. The van der Waals surface area contributed by atoms with Gasteiger partial charge in [0.05, 0.1) is 12.1 Å². The van der Waals surface area contributed by atoms with Crippen LogP contribution in [0.25, 0.3) is 0 Å². The van der Waals surface area contributed by atoms with Gasteiger partial charge in [-0.2, -0.15) is 0 Å². The molecule has 0 aromatic heterocycles. The van der Waals surface area contributed by atoms with E-state index in [-0.39, 0.29) is 18.1 Å². The first-order valence-electron chi connectivity index (χ1n) is 7.16. The Morgan fingerprint density at radius 1 is 1.35 bits per heavy atom. The lowest BCUT2D eigenvalue weighted by molar-refractivity contribution is -0.122. The molecule has 0 spiro atoms. The molecule has 1 saturated heterocycles. The summed E-state index contributed by atoms with van der Waals surface area (Å²) in [5, 5.41) is 5.58. The number of ether oxygens (including phenoxy) is 2. The lowest BCUT2D eigenvalue weighted by Gasteiger charge is -2.19. The average Bonchev–Trinajstić information content (AvgIpc) is 2.68. The highest BCUT2D eigenvalue weighted by molar-refractivity contribution is 5.76. The van der Waals surface area contributed by atoms with Crippen LogP contribution in [0.1, 0.15) is 47.0 Å². The van der Waals surface area contributed by atoms with Gasteiger partial charge in [-0.3, -0.25) is 4.79 Å². The van der Waals surface area contributed by atoms with Gasteiger partial charge >= 0.3 is 6.09 Å². The standard InChI is InChI=1S/C14H26N2O4/c1-10-11(7-9-19-10)16-12(17)6-5-8-15-13(18)20-14(2,3)4/h10-11H,5-9H2,1-4H3,(H,15,18)(H,16,17). The molecule has 0 aromatic rings. The number of carbonyl (C=O) groups is 2. The molecule has 1 fully saturated rings. The summed E-state index contributed by atoms with van der Waals surface area (Å²) in [4.78, 5) is 23.1. The zero-order chi connectivity index (χ0) is 15.2. The van der Waals surface area contributed by atoms with Crippen LogP contribution in [-0.2, 0) is 14.3 Å². The molecule has 1 heterocycles. The number of nitrogens with one attached hydrogen (secondary N) is 2. The maximum atomic E-state index is 11.7. The summed E-state index contributed by atoms with van der Waals surface area (Å²) in [6.07, 6.45) is 1.48. The second kappa shape index (κ2) is 7.47. The minimum Gasteiger partial charge on any atom is -0.444 e. The first-order valence-corrected chi connectivity index (χ1v) is 7.16. The van der Waals surface area contributed by atoms with E-state index in [0.29, 0.717) is 26.0 Å². The van der Waals surface area contributed by atoms with Crippen LogP contribution in [-0.4, -0.2) is 42.9 Å². The van der Waals surface area contributed by atoms with Crippen LogP contribution in [0.2, 0.25) is 0 Å². The minimum absolute atomic E-state index is 0.00154. The summed E-state index contributed by atoms with van der Waals surface area (Å²) in [6.45, 7) is 8.52. The van der Waals surface area contributed by atoms with Crippen LogP contribution >= 0.6 is 0 Å². The molecule has 1 rings (SSSR count). The Labute approximate surface area is 120 Å². The molecule has 0 aliphatic carbocycles. The zero-order valence-electron chi connectivity index (χ0n) is 12.8. The van der Waals surface area contributed by atoms with Gasteiger partial charge in [0, 0.05) is 19.6 Å². The van der Waals surface area contributed by atoms with E-state index < -0.39 is 11.7 Å². The van der Waals surface area contributed by atoms with Crippen molar-refractivity contribution in [3.05, 3.63) is 0 Å². The molecular formula is C14H26N2O4. The Bertz CT molecular complexity index is 339. The molecule has 0 aromatic carbocycles. The highest BCUT2D eigenvalue weighted by Crippen LogP contribution is 2.12. The second-order valence-electron chi connectivity index (χ2n) is 6.07. The number of rotatable bonds is 5. The van der Waals surface area contributed by atoms with E-state index in [0.717, 1.165) is 6.42 Å². The van der Waals surface area contributed by atoms with Crippen LogP contribution < -0.4 is 10.6 Å². The predicted octanol–water partition coefficient (Wildman–Crippen LogP) is 1.58. The van der Waals surface area contributed by atoms with E-state index in [1.54, 1.807) is 0 Å². The van der Waals surface area contributed by atoms with E-state index in [4.69, 9.17) is 9.47 Å². The number of hydrogen-bond donors (Lipinski definition) is 2.